The summed E-state index contributed by atoms with van der Waals surface area (Å²) in [5.74, 6) is -1.25. The van der Waals surface area contributed by atoms with Crippen molar-refractivity contribution in [1.29, 1.82) is 0 Å². The Balaban J connectivity index is 2.66. The molecule has 0 aromatic rings. The fourth-order valence-electron chi connectivity index (χ4n) is 2.02. The van der Waals surface area contributed by atoms with Crippen molar-refractivity contribution in [2.45, 2.75) is 58.3 Å². The molecule has 1 rings (SSSR count). The average Bonchev–Trinajstić information content (AvgIpc) is 2.84. The molecule has 0 aliphatic carbocycles. The molecule has 1 fully saturated rings. The third-order valence-electron chi connectivity index (χ3n) is 2.98. The first-order chi connectivity index (χ1) is 9.65. The summed E-state index contributed by atoms with van der Waals surface area (Å²) in [6.07, 6.45) is -0.367. The van der Waals surface area contributed by atoms with Crippen LogP contribution in [0.15, 0.2) is 0 Å². The van der Waals surface area contributed by atoms with E-state index in [9.17, 15) is 14.4 Å². The number of methoxy groups -OCH3 is 1. The summed E-state index contributed by atoms with van der Waals surface area (Å²) in [4.78, 5) is 36.7. The van der Waals surface area contributed by atoms with E-state index in [0.29, 0.717) is 19.4 Å². The number of hydrogen-bond acceptors (Lipinski definition) is 6. The van der Waals surface area contributed by atoms with E-state index in [1.165, 1.54) is 18.9 Å². The summed E-state index contributed by atoms with van der Waals surface area (Å²) in [5.41, 5.74) is -0.632. The molecule has 1 aliphatic rings. The molecule has 0 aromatic carbocycles. The molecule has 0 unspecified atom stereocenters. The lowest BCUT2D eigenvalue weighted by molar-refractivity contribution is -0.167. The Morgan fingerprint density at radius 1 is 1.24 bits per heavy atom. The molecule has 21 heavy (non-hydrogen) atoms. The Bertz CT molecular complexity index is 414. The lowest BCUT2D eigenvalue weighted by atomic mass is 10.2. The highest BCUT2D eigenvalue weighted by Crippen LogP contribution is 2.22. The van der Waals surface area contributed by atoms with Crippen LogP contribution in [-0.4, -0.2) is 54.3 Å². The molecule has 1 saturated heterocycles. The SMILES string of the molecule is COC(=O)[C@@H](C)OC(=O)[C@@H]1CCCN1C(=O)OC(C)(C)C. The quantitative estimate of drug-likeness (QED) is 0.580. The van der Waals surface area contributed by atoms with E-state index < -0.39 is 35.8 Å². The minimum atomic E-state index is -0.997. The van der Waals surface area contributed by atoms with Gasteiger partial charge in [-0.25, -0.2) is 14.4 Å². The first kappa shape index (κ1) is 17.3. The van der Waals surface area contributed by atoms with Gasteiger partial charge in [-0.15, -0.1) is 0 Å². The number of hydrogen-bond donors (Lipinski definition) is 0. The molecular weight excluding hydrogens is 278 g/mol. The van der Waals surface area contributed by atoms with Crippen molar-refractivity contribution >= 4 is 18.0 Å². The Kier molecular flexibility index (Phi) is 5.57. The van der Waals surface area contributed by atoms with Crippen LogP contribution in [0.4, 0.5) is 4.79 Å². The standard InChI is InChI=1S/C14H23NO6/c1-9(11(16)19-5)20-12(17)10-7-6-8-15(10)13(18)21-14(2,3)4/h9-10H,6-8H2,1-5H3/t9-,10+/m1/s1. The second kappa shape index (κ2) is 6.78. The number of esters is 2. The highest BCUT2D eigenvalue weighted by Gasteiger charge is 2.38. The van der Waals surface area contributed by atoms with Crippen molar-refractivity contribution in [3.63, 3.8) is 0 Å². The van der Waals surface area contributed by atoms with E-state index in [-0.39, 0.29) is 0 Å². The van der Waals surface area contributed by atoms with E-state index in [1.54, 1.807) is 20.8 Å². The Hall–Kier alpha value is -1.79. The topological polar surface area (TPSA) is 82.1 Å². The highest BCUT2D eigenvalue weighted by atomic mass is 16.6. The van der Waals surface area contributed by atoms with Gasteiger partial charge in [-0.2, -0.15) is 0 Å². The van der Waals surface area contributed by atoms with Crippen LogP contribution >= 0.6 is 0 Å². The van der Waals surface area contributed by atoms with Gasteiger partial charge in [0.25, 0.3) is 0 Å². The van der Waals surface area contributed by atoms with Gasteiger partial charge >= 0.3 is 18.0 Å². The van der Waals surface area contributed by atoms with Crippen LogP contribution in [-0.2, 0) is 23.8 Å². The van der Waals surface area contributed by atoms with Crippen molar-refractivity contribution in [3.8, 4) is 0 Å². The van der Waals surface area contributed by atoms with Gasteiger partial charge in [-0.05, 0) is 40.5 Å². The lowest BCUT2D eigenvalue weighted by Gasteiger charge is -2.28. The van der Waals surface area contributed by atoms with Gasteiger partial charge < -0.3 is 14.2 Å². The van der Waals surface area contributed by atoms with Crippen LogP contribution in [0.2, 0.25) is 0 Å². The molecule has 0 spiro atoms. The minimum Gasteiger partial charge on any atom is -0.466 e. The van der Waals surface area contributed by atoms with Crippen LogP contribution in [0.25, 0.3) is 0 Å². The number of amides is 1. The third kappa shape index (κ3) is 4.91. The van der Waals surface area contributed by atoms with E-state index in [4.69, 9.17) is 9.47 Å². The second-order valence-corrected chi connectivity index (χ2v) is 5.93. The maximum absolute atomic E-state index is 12.1. The molecular formula is C14H23NO6. The third-order valence-corrected chi connectivity index (χ3v) is 2.98. The van der Waals surface area contributed by atoms with Crippen molar-refractivity contribution < 1.29 is 28.6 Å². The molecule has 7 heteroatoms. The monoisotopic (exact) mass is 301 g/mol. The molecule has 2 atom stereocenters. The van der Waals surface area contributed by atoms with E-state index in [2.05, 4.69) is 4.74 Å². The van der Waals surface area contributed by atoms with Crippen LogP contribution in [0.1, 0.15) is 40.5 Å². The molecule has 0 N–H and O–H groups in total. The summed E-state index contributed by atoms with van der Waals surface area (Å²) in [5, 5.41) is 0. The highest BCUT2D eigenvalue weighted by molar-refractivity contribution is 5.85. The van der Waals surface area contributed by atoms with E-state index in [0.717, 1.165) is 0 Å². The van der Waals surface area contributed by atoms with Gasteiger partial charge in [0.05, 0.1) is 7.11 Å². The zero-order chi connectivity index (χ0) is 16.2. The molecule has 0 bridgehead atoms. The van der Waals surface area contributed by atoms with Gasteiger partial charge in [0.1, 0.15) is 11.6 Å². The number of carbonyl (C=O) groups excluding carboxylic acids is 3. The largest absolute Gasteiger partial charge is 0.466 e. The number of rotatable bonds is 3. The Morgan fingerprint density at radius 2 is 1.86 bits per heavy atom. The van der Waals surface area contributed by atoms with Crippen LogP contribution in [0, 0.1) is 0 Å². The van der Waals surface area contributed by atoms with Crippen molar-refractivity contribution in [2.24, 2.45) is 0 Å². The van der Waals surface area contributed by atoms with Crippen LogP contribution in [0.3, 0.4) is 0 Å². The maximum Gasteiger partial charge on any atom is 0.411 e. The summed E-state index contributed by atoms with van der Waals surface area (Å²) in [6, 6.07) is -0.716. The van der Waals surface area contributed by atoms with Crippen molar-refractivity contribution in [1.82, 2.24) is 4.90 Å². The molecule has 7 nitrogen and oxygen atoms in total. The summed E-state index contributed by atoms with van der Waals surface area (Å²) in [6.45, 7) is 7.13. The number of carbonyl (C=O) groups is 3. The van der Waals surface area contributed by atoms with Gasteiger partial charge in [0.15, 0.2) is 6.10 Å². The summed E-state index contributed by atoms with van der Waals surface area (Å²) >= 11 is 0. The summed E-state index contributed by atoms with van der Waals surface area (Å²) < 4.78 is 14.8. The number of likely N-dealkylation sites (tertiary alicyclic amines) is 1. The zero-order valence-electron chi connectivity index (χ0n) is 13.2. The Morgan fingerprint density at radius 3 is 2.38 bits per heavy atom. The smallest absolute Gasteiger partial charge is 0.411 e. The van der Waals surface area contributed by atoms with Crippen LogP contribution in [0.5, 0.6) is 0 Å². The predicted octanol–water partition coefficient (Wildman–Crippen LogP) is 1.49. The van der Waals surface area contributed by atoms with Gasteiger partial charge in [-0.1, -0.05) is 0 Å². The average molecular weight is 301 g/mol. The molecule has 0 aromatic heterocycles. The van der Waals surface area contributed by atoms with Crippen molar-refractivity contribution in [2.75, 3.05) is 13.7 Å². The van der Waals surface area contributed by atoms with Gasteiger partial charge in [0.2, 0.25) is 0 Å². The van der Waals surface area contributed by atoms with E-state index >= 15 is 0 Å². The zero-order valence-corrected chi connectivity index (χ0v) is 13.2. The first-order valence-corrected chi connectivity index (χ1v) is 6.93. The fraction of sp³-hybridized carbons (Fsp3) is 0.786. The lowest BCUT2D eigenvalue weighted by Crippen LogP contribution is -2.45. The number of ether oxygens (including phenoxy) is 3. The Labute approximate surface area is 124 Å². The maximum atomic E-state index is 12.1. The van der Waals surface area contributed by atoms with Crippen LogP contribution < -0.4 is 0 Å². The molecule has 120 valence electrons. The van der Waals surface area contributed by atoms with E-state index in [1.807, 2.05) is 0 Å². The molecule has 1 amide bonds. The van der Waals surface area contributed by atoms with Crippen molar-refractivity contribution in [3.05, 3.63) is 0 Å². The van der Waals surface area contributed by atoms with Gasteiger partial charge in [0, 0.05) is 6.54 Å². The molecule has 0 radical (unpaired) electrons. The predicted molar refractivity (Wildman–Crippen MR) is 73.5 cm³/mol. The fourth-order valence-corrected chi connectivity index (χ4v) is 2.02. The molecule has 1 aliphatic heterocycles. The molecule has 1 heterocycles. The molecule has 0 saturated carbocycles. The number of nitrogens with zero attached hydrogens (tertiary/aromatic N) is 1. The first-order valence-electron chi connectivity index (χ1n) is 6.93. The normalized spacial score (nSPS) is 19.9. The van der Waals surface area contributed by atoms with Gasteiger partial charge in [-0.3, -0.25) is 4.90 Å². The minimum absolute atomic E-state index is 0.432. The summed E-state index contributed by atoms with van der Waals surface area (Å²) in [7, 11) is 1.22. The second-order valence-electron chi connectivity index (χ2n) is 5.93.